The molecule has 2 aromatic carbocycles. The molecule has 7 heteroatoms. The summed E-state index contributed by atoms with van der Waals surface area (Å²) in [5.41, 5.74) is 2.34. The van der Waals surface area contributed by atoms with Crippen molar-refractivity contribution in [3.63, 3.8) is 0 Å². The van der Waals surface area contributed by atoms with Crippen LogP contribution in [0, 0.1) is 5.92 Å². The second-order valence-corrected chi connectivity index (χ2v) is 7.63. The molecular weight excluding hydrogens is 406 g/mol. The van der Waals surface area contributed by atoms with E-state index < -0.39 is 5.97 Å². The number of fused-ring (bicyclic) bond motifs is 1. The predicted molar refractivity (Wildman–Crippen MR) is 114 cm³/mol. The summed E-state index contributed by atoms with van der Waals surface area (Å²) in [6.45, 7) is 0.831. The van der Waals surface area contributed by atoms with Crippen LogP contribution in [0.2, 0.25) is 5.02 Å². The Hall–Kier alpha value is -2.83. The Bertz CT molecular complexity index is 1050. The van der Waals surface area contributed by atoms with E-state index in [0.717, 1.165) is 22.2 Å². The third-order valence-electron chi connectivity index (χ3n) is 5.26. The zero-order chi connectivity index (χ0) is 21.1. The highest BCUT2D eigenvalue weighted by Gasteiger charge is 2.34. The van der Waals surface area contributed by atoms with Gasteiger partial charge < -0.3 is 19.3 Å². The van der Waals surface area contributed by atoms with Crippen LogP contribution in [-0.2, 0) is 9.53 Å². The molecule has 0 spiro atoms. The number of carboxylic acids is 1. The fourth-order valence-electron chi connectivity index (χ4n) is 3.49. The number of hydrogen-bond donors (Lipinski definition) is 1. The van der Waals surface area contributed by atoms with Crippen molar-refractivity contribution in [1.29, 1.82) is 0 Å². The maximum Gasteiger partial charge on any atom is 0.306 e. The van der Waals surface area contributed by atoms with Crippen LogP contribution in [0.25, 0.3) is 22.2 Å². The van der Waals surface area contributed by atoms with Crippen LogP contribution in [0.4, 0.5) is 0 Å². The molecule has 0 aliphatic heterocycles. The lowest BCUT2D eigenvalue weighted by atomic mass is 9.82. The molecule has 0 amide bonds. The molecule has 1 fully saturated rings. The van der Waals surface area contributed by atoms with Crippen molar-refractivity contribution in [2.45, 2.75) is 18.9 Å². The molecule has 0 bridgehead atoms. The molecule has 0 radical (unpaired) electrons. The Balaban J connectivity index is 1.38. The predicted octanol–water partition coefficient (Wildman–Crippen LogP) is 4.82. The minimum Gasteiger partial charge on any atom is -0.494 e. The average molecular weight is 428 g/mol. The first kappa shape index (κ1) is 20.4. The van der Waals surface area contributed by atoms with Gasteiger partial charge in [-0.2, -0.15) is 0 Å². The van der Waals surface area contributed by atoms with Gasteiger partial charge in [0.1, 0.15) is 23.8 Å². The number of ether oxygens (including phenoxy) is 3. The molecule has 156 valence electrons. The number of hydrogen-bond acceptors (Lipinski definition) is 5. The van der Waals surface area contributed by atoms with E-state index >= 15 is 0 Å². The fraction of sp³-hybridized carbons (Fsp3) is 0.304. The minimum absolute atomic E-state index is 0.0235. The van der Waals surface area contributed by atoms with Gasteiger partial charge in [-0.25, -0.2) is 4.98 Å². The van der Waals surface area contributed by atoms with Crippen LogP contribution in [0.1, 0.15) is 12.8 Å². The Morgan fingerprint density at radius 1 is 1.17 bits per heavy atom. The molecule has 1 aliphatic carbocycles. The summed E-state index contributed by atoms with van der Waals surface area (Å²) in [6.07, 6.45) is 1.18. The maximum atomic E-state index is 10.8. The largest absolute Gasteiger partial charge is 0.494 e. The molecule has 4 rings (SSSR count). The summed E-state index contributed by atoms with van der Waals surface area (Å²) >= 11 is 6.30. The van der Waals surface area contributed by atoms with Gasteiger partial charge in [0.2, 0.25) is 0 Å². The lowest BCUT2D eigenvalue weighted by molar-refractivity contribution is -0.151. The van der Waals surface area contributed by atoms with Gasteiger partial charge in [-0.05, 0) is 49.2 Å². The van der Waals surface area contributed by atoms with Crippen LogP contribution >= 0.6 is 11.6 Å². The summed E-state index contributed by atoms with van der Waals surface area (Å²) in [5, 5.41) is 10.4. The zero-order valence-corrected chi connectivity index (χ0v) is 17.3. The Kier molecular flexibility index (Phi) is 6.06. The molecule has 3 aromatic rings. The van der Waals surface area contributed by atoms with Crippen LogP contribution in [0.15, 0.2) is 48.5 Å². The quantitative estimate of drug-likeness (QED) is 0.519. The molecule has 1 N–H and O–H groups in total. The number of carboxylic acid groups (broad SMARTS) is 1. The van der Waals surface area contributed by atoms with Crippen molar-refractivity contribution < 1.29 is 24.1 Å². The van der Waals surface area contributed by atoms with Crippen molar-refractivity contribution in [2.75, 3.05) is 20.3 Å². The topological polar surface area (TPSA) is 77.9 Å². The number of para-hydroxylation sites is 1. The van der Waals surface area contributed by atoms with Gasteiger partial charge in [-0.1, -0.05) is 23.7 Å². The minimum atomic E-state index is -0.744. The molecule has 0 saturated heterocycles. The second-order valence-electron chi connectivity index (χ2n) is 7.22. The van der Waals surface area contributed by atoms with E-state index in [-0.39, 0.29) is 12.0 Å². The number of aliphatic carboxylic acids is 1. The zero-order valence-electron chi connectivity index (χ0n) is 16.5. The molecule has 30 heavy (non-hydrogen) atoms. The van der Waals surface area contributed by atoms with Crippen LogP contribution in [-0.4, -0.2) is 42.5 Å². The summed E-state index contributed by atoms with van der Waals surface area (Å²) in [6, 6.07) is 15.2. The molecule has 0 atom stereocenters. The average Bonchev–Trinajstić information content (AvgIpc) is 2.72. The van der Waals surface area contributed by atoms with Gasteiger partial charge in [0.25, 0.3) is 0 Å². The number of nitrogens with zero attached hydrogens (tertiary/aromatic N) is 1. The first-order valence-electron chi connectivity index (χ1n) is 9.76. The van der Waals surface area contributed by atoms with E-state index in [9.17, 15) is 4.79 Å². The SMILES string of the molecule is COc1cc2cccc(Cl)c2nc1-c1ccc(OCCO[C@H]2C[C@@H](C(=O)O)C2)cc1. The van der Waals surface area contributed by atoms with Gasteiger partial charge in [0.15, 0.2) is 0 Å². The lowest BCUT2D eigenvalue weighted by Gasteiger charge is -2.31. The number of aromatic nitrogens is 1. The number of methoxy groups -OCH3 is 1. The van der Waals surface area contributed by atoms with E-state index in [1.54, 1.807) is 7.11 Å². The van der Waals surface area contributed by atoms with Crippen molar-refractivity contribution in [2.24, 2.45) is 5.92 Å². The lowest BCUT2D eigenvalue weighted by Crippen LogP contribution is -2.36. The summed E-state index contributed by atoms with van der Waals surface area (Å²) < 4.78 is 16.9. The van der Waals surface area contributed by atoms with Crippen LogP contribution in [0.5, 0.6) is 11.5 Å². The molecule has 1 heterocycles. The number of pyridine rings is 1. The van der Waals surface area contributed by atoms with Gasteiger partial charge >= 0.3 is 5.97 Å². The third-order valence-corrected chi connectivity index (χ3v) is 5.56. The first-order chi connectivity index (χ1) is 14.5. The highest BCUT2D eigenvalue weighted by molar-refractivity contribution is 6.35. The van der Waals surface area contributed by atoms with Gasteiger partial charge in [0.05, 0.1) is 36.3 Å². The number of benzene rings is 2. The van der Waals surface area contributed by atoms with E-state index in [1.807, 2.05) is 48.5 Å². The summed E-state index contributed by atoms with van der Waals surface area (Å²) in [7, 11) is 1.62. The number of halogens is 1. The smallest absolute Gasteiger partial charge is 0.306 e. The Morgan fingerprint density at radius 2 is 1.93 bits per heavy atom. The van der Waals surface area contributed by atoms with Gasteiger partial charge in [0, 0.05) is 10.9 Å². The standard InChI is InChI=1S/C23H22ClNO5/c1-28-20-13-15-3-2-4-19(24)21(15)25-22(20)14-5-7-17(8-6-14)29-9-10-30-18-11-16(12-18)23(26)27/h2-8,13,16,18H,9-12H2,1H3,(H,26,27)/t16-,18+. The van der Waals surface area contributed by atoms with Crippen LogP contribution in [0.3, 0.4) is 0 Å². The molecule has 6 nitrogen and oxygen atoms in total. The normalized spacial score (nSPS) is 18.1. The van der Waals surface area contributed by atoms with E-state index in [0.29, 0.717) is 42.5 Å². The fourth-order valence-corrected chi connectivity index (χ4v) is 3.72. The van der Waals surface area contributed by atoms with Crippen molar-refractivity contribution >= 4 is 28.5 Å². The highest BCUT2D eigenvalue weighted by atomic mass is 35.5. The van der Waals surface area contributed by atoms with E-state index in [2.05, 4.69) is 0 Å². The monoisotopic (exact) mass is 427 g/mol. The second kappa shape index (κ2) is 8.90. The molecule has 0 unspecified atom stereocenters. The van der Waals surface area contributed by atoms with Crippen molar-refractivity contribution in [1.82, 2.24) is 4.98 Å². The maximum absolute atomic E-state index is 10.8. The van der Waals surface area contributed by atoms with Crippen molar-refractivity contribution in [3.8, 4) is 22.8 Å². The van der Waals surface area contributed by atoms with E-state index in [1.165, 1.54) is 0 Å². The van der Waals surface area contributed by atoms with Crippen molar-refractivity contribution in [3.05, 3.63) is 53.6 Å². The first-order valence-corrected chi connectivity index (χ1v) is 10.1. The van der Waals surface area contributed by atoms with Gasteiger partial charge in [-0.3, -0.25) is 4.79 Å². The number of rotatable bonds is 8. The number of carbonyl (C=O) groups is 1. The Labute approximate surface area is 179 Å². The molecule has 1 aliphatic rings. The van der Waals surface area contributed by atoms with E-state index in [4.69, 9.17) is 35.9 Å². The molecular formula is C23H22ClNO5. The summed E-state index contributed by atoms with van der Waals surface area (Å²) in [4.78, 5) is 15.5. The Morgan fingerprint density at radius 3 is 2.63 bits per heavy atom. The van der Waals surface area contributed by atoms with Gasteiger partial charge in [-0.15, -0.1) is 0 Å². The van der Waals surface area contributed by atoms with Crippen LogP contribution < -0.4 is 9.47 Å². The summed E-state index contributed by atoms with van der Waals surface area (Å²) in [5.74, 6) is 0.384. The molecule has 1 aromatic heterocycles. The third kappa shape index (κ3) is 4.35. The highest BCUT2D eigenvalue weighted by Crippen LogP contribution is 2.34. The molecule has 1 saturated carbocycles.